The molecule has 6 heteroatoms. The number of hydrogen-bond donors (Lipinski definition) is 0. The smallest absolute Gasteiger partial charge is 0.150 e. The monoisotopic (exact) mass is 401 g/mol. The molecule has 0 amide bonds. The van der Waals surface area contributed by atoms with Crippen LogP contribution in [0.25, 0.3) is 0 Å². The first-order valence-corrected chi connectivity index (χ1v) is 10.9. The maximum Gasteiger partial charge on any atom is 0.150 e. The van der Waals surface area contributed by atoms with E-state index in [-0.39, 0.29) is 5.82 Å². The summed E-state index contributed by atoms with van der Waals surface area (Å²) in [7, 11) is 0. The molecule has 29 heavy (non-hydrogen) atoms. The van der Waals surface area contributed by atoms with Gasteiger partial charge in [-0.3, -0.25) is 9.80 Å². The fourth-order valence-electron chi connectivity index (χ4n) is 4.55. The van der Waals surface area contributed by atoms with E-state index in [4.69, 9.17) is 9.26 Å². The number of benzene rings is 1. The van der Waals surface area contributed by atoms with Crippen LogP contribution in [0, 0.1) is 18.7 Å². The summed E-state index contributed by atoms with van der Waals surface area (Å²) in [6.07, 6.45) is 4.93. The number of aryl methyl sites for hydroxylation is 1. The van der Waals surface area contributed by atoms with Gasteiger partial charge < -0.3 is 9.26 Å². The third kappa shape index (κ3) is 5.87. The van der Waals surface area contributed by atoms with Gasteiger partial charge in [0.1, 0.15) is 5.82 Å². The molecule has 2 aliphatic rings. The molecule has 1 atom stereocenters. The number of ether oxygens (including phenoxy) is 1. The largest absolute Gasteiger partial charge is 0.377 e. The highest BCUT2D eigenvalue weighted by molar-refractivity contribution is 5.17. The van der Waals surface area contributed by atoms with Crippen LogP contribution in [0.2, 0.25) is 0 Å². The highest BCUT2D eigenvalue weighted by atomic mass is 19.1. The number of rotatable bonds is 8. The third-order valence-electron chi connectivity index (χ3n) is 6.12. The molecule has 2 saturated heterocycles. The summed E-state index contributed by atoms with van der Waals surface area (Å²) < 4.78 is 25.3. The van der Waals surface area contributed by atoms with E-state index >= 15 is 0 Å². The van der Waals surface area contributed by atoms with Gasteiger partial charge in [-0.05, 0) is 57.7 Å². The molecule has 158 valence electrons. The zero-order valence-electron chi connectivity index (χ0n) is 17.4. The Morgan fingerprint density at radius 1 is 1.17 bits per heavy atom. The number of likely N-dealkylation sites (tertiary alicyclic amines) is 1. The Balaban J connectivity index is 1.30. The minimum atomic E-state index is -0.0975. The summed E-state index contributed by atoms with van der Waals surface area (Å²) in [6, 6.07) is 9.14. The lowest BCUT2D eigenvalue weighted by molar-refractivity contribution is 0.0535. The highest BCUT2D eigenvalue weighted by Gasteiger charge is 2.25. The second kappa shape index (κ2) is 9.83. The van der Waals surface area contributed by atoms with Crippen molar-refractivity contribution in [1.82, 2.24) is 15.0 Å². The van der Waals surface area contributed by atoms with Crippen LogP contribution in [0.1, 0.15) is 42.7 Å². The minimum Gasteiger partial charge on any atom is -0.377 e. The van der Waals surface area contributed by atoms with Crippen molar-refractivity contribution in [2.75, 3.05) is 32.8 Å². The predicted octanol–water partition coefficient (Wildman–Crippen LogP) is 4.02. The molecule has 2 fully saturated rings. The van der Waals surface area contributed by atoms with E-state index in [9.17, 15) is 4.39 Å². The molecule has 0 saturated carbocycles. The van der Waals surface area contributed by atoms with Crippen LogP contribution < -0.4 is 0 Å². The third-order valence-corrected chi connectivity index (χ3v) is 6.12. The van der Waals surface area contributed by atoms with Gasteiger partial charge in [-0.1, -0.05) is 23.4 Å². The van der Waals surface area contributed by atoms with E-state index in [1.54, 1.807) is 12.1 Å². The molecule has 0 spiro atoms. The predicted molar refractivity (Wildman–Crippen MR) is 110 cm³/mol. The van der Waals surface area contributed by atoms with Gasteiger partial charge >= 0.3 is 0 Å². The van der Waals surface area contributed by atoms with E-state index in [1.807, 2.05) is 25.1 Å². The summed E-state index contributed by atoms with van der Waals surface area (Å²) in [4.78, 5) is 4.85. The first-order chi connectivity index (χ1) is 14.2. The molecular weight excluding hydrogens is 369 g/mol. The molecule has 5 nitrogen and oxygen atoms in total. The average Bonchev–Trinajstić information content (AvgIpc) is 3.37. The Hall–Kier alpha value is -1.76. The van der Waals surface area contributed by atoms with Gasteiger partial charge in [-0.15, -0.1) is 0 Å². The van der Waals surface area contributed by atoms with Gasteiger partial charge in [0.05, 0.1) is 18.3 Å². The number of halogens is 1. The Morgan fingerprint density at radius 3 is 2.69 bits per heavy atom. The van der Waals surface area contributed by atoms with E-state index in [0.717, 1.165) is 82.0 Å². The van der Waals surface area contributed by atoms with Crippen LogP contribution in [0.5, 0.6) is 0 Å². The summed E-state index contributed by atoms with van der Waals surface area (Å²) in [5.41, 5.74) is 1.73. The Kier molecular flexibility index (Phi) is 6.95. The van der Waals surface area contributed by atoms with Crippen LogP contribution in [0.4, 0.5) is 4.39 Å². The fraction of sp³-hybridized carbons (Fsp3) is 0.609. The van der Waals surface area contributed by atoms with Crippen molar-refractivity contribution in [1.29, 1.82) is 0 Å². The molecule has 0 bridgehead atoms. The number of nitrogens with zero attached hydrogens (tertiary/aromatic N) is 3. The Morgan fingerprint density at radius 2 is 2.00 bits per heavy atom. The van der Waals surface area contributed by atoms with Crippen LogP contribution in [-0.2, 0) is 17.8 Å². The summed E-state index contributed by atoms with van der Waals surface area (Å²) in [6.45, 7) is 8.38. The lowest BCUT2D eigenvalue weighted by Gasteiger charge is -2.35. The van der Waals surface area contributed by atoms with Gasteiger partial charge in [0.2, 0.25) is 0 Å². The quantitative estimate of drug-likeness (QED) is 0.668. The zero-order valence-corrected chi connectivity index (χ0v) is 17.4. The fourth-order valence-corrected chi connectivity index (χ4v) is 4.55. The Bertz CT molecular complexity index is 767. The molecular formula is C23H32FN3O2. The average molecular weight is 402 g/mol. The van der Waals surface area contributed by atoms with Crippen molar-refractivity contribution in [2.24, 2.45) is 5.92 Å². The van der Waals surface area contributed by atoms with E-state index in [1.165, 1.54) is 0 Å². The van der Waals surface area contributed by atoms with Gasteiger partial charge in [0.15, 0.2) is 5.76 Å². The summed E-state index contributed by atoms with van der Waals surface area (Å²) >= 11 is 0. The van der Waals surface area contributed by atoms with E-state index in [2.05, 4.69) is 15.0 Å². The second-order valence-electron chi connectivity index (χ2n) is 8.57. The standard InChI is InChI=1S/C23H32FN3O2/c1-18-13-22(29-25-18)17-27(16-21-6-4-12-28-21)14-19-8-10-26(11-9-19)15-20-5-2-3-7-23(20)24/h2-3,5,7,13,19,21H,4,6,8-12,14-17H2,1H3. The molecule has 1 unspecified atom stereocenters. The zero-order chi connectivity index (χ0) is 20.1. The Labute approximate surface area is 172 Å². The van der Waals surface area contributed by atoms with Crippen LogP contribution in [0.3, 0.4) is 0 Å². The molecule has 0 radical (unpaired) electrons. The first kappa shape index (κ1) is 20.5. The van der Waals surface area contributed by atoms with Gasteiger partial charge in [0, 0.05) is 37.9 Å². The van der Waals surface area contributed by atoms with Crippen molar-refractivity contribution in [2.45, 2.75) is 51.8 Å². The lowest BCUT2D eigenvalue weighted by Crippen LogP contribution is -2.40. The van der Waals surface area contributed by atoms with Crippen LogP contribution in [-0.4, -0.2) is 53.8 Å². The molecule has 1 aromatic carbocycles. The van der Waals surface area contributed by atoms with Crippen molar-refractivity contribution in [3.05, 3.63) is 53.2 Å². The normalized spacial score (nSPS) is 21.3. The molecule has 0 N–H and O–H groups in total. The first-order valence-electron chi connectivity index (χ1n) is 10.9. The molecule has 3 heterocycles. The van der Waals surface area contributed by atoms with E-state index < -0.39 is 0 Å². The van der Waals surface area contributed by atoms with Crippen molar-refractivity contribution in [3.63, 3.8) is 0 Å². The number of hydrogen-bond acceptors (Lipinski definition) is 5. The molecule has 2 aromatic rings. The van der Waals surface area contributed by atoms with Crippen molar-refractivity contribution < 1.29 is 13.7 Å². The summed E-state index contributed by atoms with van der Waals surface area (Å²) in [5, 5.41) is 4.03. The molecule has 0 aliphatic carbocycles. The highest BCUT2D eigenvalue weighted by Crippen LogP contribution is 2.23. The molecule has 1 aromatic heterocycles. The van der Waals surface area contributed by atoms with Gasteiger partial charge in [0.25, 0.3) is 0 Å². The van der Waals surface area contributed by atoms with Crippen molar-refractivity contribution in [3.8, 4) is 0 Å². The number of piperidine rings is 1. The van der Waals surface area contributed by atoms with Crippen LogP contribution >= 0.6 is 0 Å². The topological polar surface area (TPSA) is 41.7 Å². The minimum absolute atomic E-state index is 0.0975. The maximum atomic E-state index is 13.9. The van der Waals surface area contributed by atoms with Gasteiger partial charge in [-0.2, -0.15) is 0 Å². The maximum absolute atomic E-state index is 13.9. The molecule has 4 rings (SSSR count). The van der Waals surface area contributed by atoms with Crippen molar-refractivity contribution >= 4 is 0 Å². The van der Waals surface area contributed by atoms with Crippen LogP contribution in [0.15, 0.2) is 34.9 Å². The van der Waals surface area contributed by atoms with Gasteiger partial charge in [-0.25, -0.2) is 4.39 Å². The summed E-state index contributed by atoms with van der Waals surface area (Å²) in [5.74, 6) is 1.48. The molecule has 2 aliphatic heterocycles. The SMILES string of the molecule is Cc1cc(CN(CC2CCN(Cc3ccccc3F)CC2)CC2CCCO2)on1. The van der Waals surface area contributed by atoms with E-state index in [0.29, 0.717) is 18.6 Å². The number of aromatic nitrogens is 1. The second-order valence-corrected chi connectivity index (χ2v) is 8.57. The lowest BCUT2D eigenvalue weighted by atomic mass is 9.95.